The molecule has 29 heavy (non-hydrogen) atoms. The molecular weight excluding hydrogens is 380 g/mol. The summed E-state index contributed by atoms with van der Waals surface area (Å²) in [6.45, 7) is 2.30. The van der Waals surface area contributed by atoms with Gasteiger partial charge in [-0.3, -0.25) is 0 Å². The van der Waals surface area contributed by atoms with E-state index >= 15 is 0 Å². The van der Waals surface area contributed by atoms with E-state index in [9.17, 15) is 8.42 Å². The van der Waals surface area contributed by atoms with Gasteiger partial charge in [-0.2, -0.15) is 0 Å². The van der Waals surface area contributed by atoms with Crippen LogP contribution >= 0.6 is 0 Å². The van der Waals surface area contributed by atoms with Crippen LogP contribution in [-0.4, -0.2) is 19.9 Å². The Kier molecular flexibility index (Phi) is 5.51. The summed E-state index contributed by atoms with van der Waals surface area (Å²) in [6.07, 6.45) is 2.70. The van der Waals surface area contributed by atoms with Gasteiger partial charge in [0.15, 0.2) is 0 Å². The lowest BCUT2D eigenvalue weighted by atomic mass is 9.88. The smallest absolute Gasteiger partial charge is 0.240 e. The van der Waals surface area contributed by atoms with Crippen LogP contribution in [0.4, 0.5) is 0 Å². The van der Waals surface area contributed by atoms with Crippen LogP contribution < -0.4 is 4.72 Å². The van der Waals surface area contributed by atoms with Crippen molar-refractivity contribution in [2.75, 3.05) is 6.54 Å². The third kappa shape index (κ3) is 4.26. The third-order valence-corrected chi connectivity index (χ3v) is 6.73. The molecular formula is C24H24N2O2S. The van der Waals surface area contributed by atoms with Crippen LogP contribution in [0.25, 0.3) is 10.9 Å². The van der Waals surface area contributed by atoms with Crippen LogP contribution in [-0.2, 0) is 10.0 Å². The Bertz CT molecular complexity index is 1200. The molecule has 0 saturated carbocycles. The minimum atomic E-state index is -3.52. The number of benzene rings is 3. The molecule has 4 nitrogen and oxygen atoms in total. The molecule has 0 fully saturated rings. The Labute approximate surface area is 171 Å². The highest BCUT2D eigenvalue weighted by molar-refractivity contribution is 7.89. The fraction of sp³-hybridized carbons (Fsp3) is 0.167. The monoisotopic (exact) mass is 404 g/mol. The number of aromatic amines is 1. The fourth-order valence-electron chi connectivity index (χ4n) is 3.71. The topological polar surface area (TPSA) is 62.0 Å². The Hall–Kier alpha value is -2.89. The third-order valence-electron chi connectivity index (χ3n) is 5.25. The van der Waals surface area contributed by atoms with Crippen LogP contribution in [0, 0.1) is 6.92 Å². The van der Waals surface area contributed by atoms with Gasteiger partial charge in [0.05, 0.1) is 4.90 Å². The Morgan fingerprint density at radius 2 is 1.59 bits per heavy atom. The van der Waals surface area contributed by atoms with Gasteiger partial charge in [0.1, 0.15) is 0 Å². The van der Waals surface area contributed by atoms with Crippen LogP contribution in [0.3, 0.4) is 0 Å². The largest absolute Gasteiger partial charge is 0.361 e. The summed E-state index contributed by atoms with van der Waals surface area (Å²) in [6, 6.07) is 25.4. The molecule has 1 atom stereocenters. The number of hydrogen-bond acceptors (Lipinski definition) is 2. The second-order valence-electron chi connectivity index (χ2n) is 7.25. The van der Waals surface area contributed by atoms with Crippen molar-refractivity contribution >= 4 is 20.9 Å². The lowest BCUT2D eigenvalue weighted by molar-refractivity contribution is 0.575. The predicted molar refractivity (Wildman–Crippen MR) is 118 cm³/mol. The van der Waals surface area contributed by atoms with Crippen molar-refractivity contribution in [3.8, 4) is 0 Å². The van der Waals surface area contributed by atoms with Crippen molar-refractivity contribution in [3.63, 3.8) is 0 Å². The second kappa shape index (κ2) is 8.23. The molecule has 4 rings (SSSR count). The minimum Gasteiger partial charge on any atom is -0.361 e. The Balaban J connectivity index is 1.58. The first-order valence-corrected chi connectivity index (χ1v) is 11.2. The normalized spacial score (nSPS) is 12.9. The SMILES string of the molecule is Cc1ccc(S(=O)(=O)NCCC(c2ccccc2)c2c[nH]c3ccccc23)cc1. The maximum atomic E-state index is 12.6. The molecule has 0 aliphatic rings. The molecule has 148 valence electrons. The summed E-state index contributed by atoms with van der Waals surface area (Å²) < 4.78 is 28.1. The molecule has 4 aromatic rings. The summed E-state index contributed by atoms with van der Waals surface area (Å²) in [4.78, 5) is 3.64. The second-order valence-corrected chi connectivity index (χ2v) is 9.02. The van der Waals surface area contributed by atoms with Crippen molar-refractivity contribution in [3.05, 3.63) is 102 Å². The predicted octanol–water partition coefficient (Wildman–Crippen LogP) is 4.98. The van der Waals surface area contributed by atoms with E-state index in [0.717, 1.165) is 11.1 Å². The number of fused-ring (bicyclic) bond motifs is 1. The zero-order valence-electron chi connectivity index (χ0n) is 16.3. The zero-order chi connectivity index (χ0) is 20.3. The first-order valence-electron chi connectivity index (χ1n) is 9.72. The molecule has 0 aliphatic heterocycles. The van der Waals surface area contributed by atoms with Crippen molar-refractivity contribution in [2.24, 2.45) is 0 Å². The molecule has 2 N–H and O–H groups in total. The highest BCUT2D eigenvalue weighted by atomic mass is 32.2. The standard InChI is InChI=1S/C24H24N2O2S/c1-18-11-13-20(14-12-18)29(27,28)26-16-15-21(19-7-3-2-4-8-19)23-17-25-24-10-6-5-9-22(23)24/h2-14,17,21,25-26H,15-16H2,1H3. The van der Waals surface area contributed by atoms with Crippen LogP contribution in [0.15, 0.2) is 90.0 Å². The molecule has 1 aromatic heterocycles. The van der Waals surface area contributed by atoms with Crippen LogP contribution in [0.2, 0.25) is 0 Å². The van der Waals surface area contributed by atoms with Crippen molar-refractivity contribution < 1.29 is 8.42 Å². The molecule has 0 spiro atoms. The fourth-order valence-corrected chi connectivity index (χ4v) is 4.76. The van der Waals surface area contributed by atoms with Gasteiger partial charge in [-0.25, -0.2) is 13.1 Å². The maximum Gasteiger partial charge on any atom is 0.240 e. The molecule has 0 bridgehead atoms. The number of para-hydroxylation sites is 1. The van der Waals surface area contributed by atoms with Crippen molar-refractivity contribution in [2.45, 2.75) is 24.2 Å². The highest BCUT2D eigenvalue weighted by Gasteiger charge is 2.20. The summed E-state index contributed by atoms with van der Waals surface area (Å²) in [5.74, 6) is 0.0908. The number of sulfonamides is 1. The average molecular weight is 405 g/mol. The average Bonchev–Trinajstić information content (AvgIpc) is 3.16. The van der Waals surface area contributed by atoms with Gasteiger partial charge >= 0.3 is 0 Å². The van der Waals surface area contributed by atoms with Gasteiger partial charge in [-0.15, -0.1) is 0 Å². The number of aromatic nitrogens is 1. The van der Waals surface area contributed by atoms with E-state index in [1.807, 2.05) is 55.6 Å². The summed E-state index contributed by atoms with van der Waals surface area (Å²) >= 11 is 0. The van der Waals surface area contributed by atoms with Crippen molar-refractivity contribution in [1.82, 2.24) is 9.71 Å². The van der Waals surface area contributed by atoms with E-state index in [-0.39, 0.29) is 5.92 Å². The van der Waals surface area contributed by atoms with E-state index < -0.39 is 10.0 Å². The van der Waals surface area contributed by atoms with E-state index in [1.165, 1.54) is 16.5 Å². The molecule has 1 heterocycles. The van der Waals surface area contributed by atoms with E-state index in [1.54, 1.807) is 12.1 Å². The van der Waals surface area contributed by atoms with Crippen LogP contribution in [0.1, 0.15) is 29.0 Å². The van der Waals surface area contributed by atoms with Gasteiger partial charge in [0.2, 0.25) is 10.0 Å². The molecule has 0 saturated heterocycles. The number of nitrogens with one attached hydrogen (secondary N) is 2. The number of hydrogen-bond donors (Lipinski definition) is 2. The van der Waals surface area contributed by atoms with Gasteiger partial charge in [0.25, 0.3) is 0 Å². The number of aryl methyl sites for hydroxylation is 1. The van der Waals surface area contributed by atoms with Crippen LogP contribution in [0.5, 0.6) is 0 Å². The number of rotatable bonds is 7. The van der Waals surface area contributed by atoms with Crippen molar-refractivity contribution in [1.29, 1.82) is 0 Å². The molecule has 0 radical (unpaired) electrons. The molecule has 0 amide bonds. The first-order chi connectivity index (χ1) is 14.0. The Morgan fingerprint density at radius 1 is 0.897 bits per heavy atom. The van der Waals surface area contributed by atoms with E-state index in [2.05, 4.69) is 34.0 Å². The minimum absolute atomic E-state index is 0.0908. The lowest BCUT2D eigenvalue weighted by Gasteiger charge is -2.18. The van der Waals surface area contributed by atoms with E-state index in [4.69, 9.17) is 0 Å². The molecule has 5 heteroatoms. The van der Waals surface area contributed by atoms with E-state index in [0.29, 0.717) is 17.9 Å². The summed E-state index contributed by atoms with van der Waals surface area (Å²) in [7, 11) is -3.52. The van der Waals surface area contributed by atoms with Gasteiger partial charge in [-0.05, 0) is 42.7 Å². The molecule has 0 aliphatic carbocycles. The zero-order valence-corrected chi connectivity index (χ0v) is 17.1. The van der Waals surface area contributed by atoms with Gasteiger partial charge in [0, 0.05) is 29.6 Å². The van der Waals surface area contributed by atoms with Gasteiger partial charge in [-0.1, -0.05) is 66.2 Å². The van der Waals surface area contributed by atoms with Gasteiger partial charge < -0.3 is 4.98 Å². The first kappa shape index (κ1) is 19.4. The quantitative estimate of drug-likeness (QED) is 0.456. The number of H-pyrrole nitrogens is 1. The maximum absolute atomic E-state index is 12.6. The lowest BCUT2D eigenvalue weighted by Crippen LogP contribution is -2.26. The molecule has 3 aromatic carbocycles. The summed E-state index contributed by atoms with van der Waals surface area (Å²) in [5.41, 5.74) is 4.48. The molecule has 1 unspecified atom stereocenters. The highest BCUT2D eigenvalue weighted by Crippen LogP contribution is 2.33. The Morgan fingerprint density at radius 3 is 2.34 bits per heavy atom. The summed E-state index contributed by atoms with van der Waals surface area (Å²) in [5, 5.41) is 1.17.